The molecule has 114 valence electrons. The minimum absolute atomic E-state index is 0.343. The van der Waals surface area contributed by atoms with Gasteiger partial charge in [-0.3, -0.25) is 9.88 Å². The van der Waals surface area contributed by atoms with Crippen molar-refractivity contribution in [3.8, 4) is 0 Å². The van der Waals surface area contributed by atoms with E-state index in [1.807, 2.05) is 6.07 Å². The molecule has 6 nitrogen and oxygen atoms in total. The molecule has 2 aromatic rings. The molecule has 6 heteroatoms. The van der Waals surface area contributed by atoms with Crippen LogP contribution in [0.25, 0.3) is 0 Å². The number of benzene rings is 1. The van der Waals surface area contributed by atoms with Gasteiger partial charge in [0.1, 0.15) is 5.82 Å². The predicted octanol–water partition coefficient (Wildman–Crippen LogP) is 1.50. The zero-order valence-corrected chi connectivity index (χ0v) is 12.2. The topological polar surface area (TPSA) is 69.6 Å². The highest BCUT2D eigenvalue weighted by molar-refractivity contribution is 5.87. The summed E-state index contributed by atoms with van der Waals surface area (Å²) in [6.07, 6.45) is 5.17. The van der Waals surface area contributed by atoms with Crippen LogP contribution in [0.3, 0.4) is 0 Å². The van der Waals surface area contributed by atoms with E-state index < -0.39 is 5.97 Å². The van der Waals surface area contributed by atoms with Gasteiger partial charge in [-0.15, -0.1) is 0 Å². The summed E-state index contributed by atoms with van der Waals surface area (Å²) in [6, 6.07) is 7.14. The number of carbonyl (C=O) groups is 1. The van der Waals surface area contributed by atoms with Crippen molar-refractivity contribution in [2.45, 2.75) is 6.54 Å². The molecule has 0 saturated carbocycles. The van der Waals surface area contributed by atoms with E-state index in [-0.39, 0.29) is 0 Å². The SMILES string of the molecule is O=C(O)c1cccc(CN2CCN(c3cnccn3)CC2)c1. The molecule has 1 saturated heterocycles. The van der Waals surface area contributed by atoms with Crippen LogP contribution in [-0.2, 0) is 6.54 Å². The van der Waals surface area contributed by atoms with Gasteiger partial charge in [0.25, 0.3) is 0 Å². The fraction of sp³-hybridized carbons (Fsp3) is 0.312. The standard InChI is InChI=1S/C16H18N4O2/c21-16(22)14-3-1-2-13(10-14)12-19-6-8-20(9-7-19)15-11-17-4-5-18-15/h1-5,10-11H,6-9,12H2,(H,21,22). The van der Waals surface area contributed by atoms with Crippen molar-refractivity contribution in [2.24, 2.45) is 0 Å². The number of carboxylic acids is 1. The Morgan fingerprint density at radius 1 is 1.18 bits per heavy atom. The molecule has 1 aromatic carbocycles. The Hall–Kier alpha value is -2.47. The van der Waals surface area contributed by atoms with Crippen molar-refractivity contribution in [1.82, 2.24) is 14.9 Å². The first kappa shape index (κ1) is 14.5. The van der Waals surface area contributed by atoms with E-state index in [1.165, 1.54) is 0 Å². The molecule has 1 fully saturated rings. The molecular formula is C16H18N4O2. The lowest BCUT2D eigenvalue weighted by molar-refractivity contribution is 0.0696. The Morgan fingerprint density at radius 3 is 2.68 bits per heavy atom. The second-order valence-corrected chi connectivity index (χ2v) is 5.33. The highest BCUT2D eigenvalue weighted by atomic mass is 16.4. The van der Waals surface area contributed by atoms with Crippen LogP contribution in [0.2, 0.25) is 0 Å². The van der Waals surface area contributed by atoms with Crippen molar-refractivity contribution >= 4 is 11.8 Å². The van der Waals surface area contributed by atoms with Crippen LogP contribution in [-0.4, -0.2) is 52.1 Å². The summed E-state index contributed by atoms with van der Waals surface area (Å²) in [5.41, 5.74) is 1.38. The molecule has 0 aliphatic carbocycles. The van der Waals surface area contributed by atoms with Crippen LogP contribution in [0.4, 0.5) is 5.82 Å². The number of anilines is 1. The second-order valence-electron chi connectivity index (χ2n) is 5.33. The number of aromatic nitrogens is 2. The van der Waals surface area contributed by atoms with Gasteiger partial charge < -0.3 is 10.0 Å². The van der Waals surface area contributed by atoms with Crippen LogP contribution in [0.15, 0.2) is 42.9 Å². The minimum atomic E-state index is -0.880. The summed E-state index contributed by atoms with van der Waals surface area (Å²) in [4.78, 5) is 24.0. The summed E-state index contributed by atoms with van der Waals surface area (Å²) in [7, 11) is 0. The Bertz CT molecular complexity index is 640. The first-order chi connectivity index (χ1) is 10.7. The molecule has 0 spiro atoms. The van der Waals surface area contributed by atoms with Gasteiger partial charge in [0.2, 0.25) is 0 Å². The van der Waals surface area contributed by atoms with Crippen LogP contribution in [0.5, 0.6) is 0 Å². The molecule has 0 amide bonds. The third-order valence-corrected chi connectivity index (χ3v) is 3.83. The average molecular weight is 298 g/mol. The summed E-state index contributed by atoms with van der Waals surface area (Å²) in [5.74, 6) is 0.0318. The first-order valence-electron chi connectivity index (χ1n) is 7.28. The summed E-state index contributed by atoms with van der Waals surface area (Å²) in [5, 5.41) is 9.04. The quantitative estimate of drug-likeness (QED) is 0.922. The third-order valence-electron chi connectivity index (χ3n) is 3.83. The van der Waals surface area contributed by atoms with Gasteiger partial charge in [0, 0.05) is 45.1 Å². The summed E-state index contributed by atoms with van der Waals surface area (Å²) >= 11 is 0. The number of carboxylic acid groups (broad SMARTS) is 1. The van der Waals surface area contributed by atoms with E-state index in [4.69, 9.17) is 5.11 Å². The zero-order valence-electron chi connectivity index (χ0n) is 12.2. The second kappa shape index (κ2) is 6.53. The molecule has 1 aliphatic rings. The smallest absolute Gasteiger partial charge is 0.335 e. The van der Waals surface area contributed by atoms with Crippen molar-refractivity contribution in [1.29, 1.82) is 0 Å². The van der Waals surface area contributed by atoms with Gasteiger partial charge >= 0.3 is 5.97 Å². The normalized spacial score (nSPS) is 15.7. The number of nitrogens with zero attached hydrogens (tertiary/aromatic N) is 4. The van der Waals surface area contributed by atoms with E-state index in [9.17, 15) is 4.79 Å². The van der Waals surface area contributed by atoms with E-state index in [1.54, 1.807) is 36.8 Å². The Balaban J connectivity index is 1.58. The maximum Gasteiger partial charge on any atom is 0.335 e. The lowest BCUT2D eigenvalue weighted by Crippen LogP contribution is -2.46. The van der Waals surface area contributed by atoms with Crippen LogP contribution < -0.4 is 4.90 Å². The molecule has 1 aromatic heterocycles. The summed E-state index contributed by atoms with van der Waals surface area (Å²) in [6.45, 7) is 4.42. The van der Waals surface area contributed by atoms with Gasteiger partial charge in [-0.1, -0.05) is 12.1 Å². The number of rotatable bonds is 4. The maximum absolute atomic E-state index is 11.0. The van der Waals surface area contributed by atoms with Gasteiger partial charge in [-0.2, -0.15) is 0 Å². The summed E-state index contributed by atoms with van der Waals surface area (Å²) < 4.78 is 0. The monoisotopic (exact) mass is 298 g/mol. The molecule has 1 aliphatic heterocycles. The van der Waals surface area contributed by atoms with Crippen molar-refractivity contribution in [3.63, 3.8) is 0 Å². The fourth-order valence-corrected chi connectivity index (χ4v) is 2.65. The van der Waals surface area contributed by atoms with Gasteiger partial charge in [0.05, 0.1) is 11.8 Å². The van der Waals surface area contributed by atoms with Crippen LogP contribution in [0.1, 0.15) is 15.9 Å². The lowest BCUT2D eigenvalue weighted by Gasteiger charge is -2.35. The molecule has 2 heterocycles. The molecule has 1 N–H and O–H groups in total. The van der Waals surface area contributed by atoms with Gasteiger partial charge in [-0.05, 0) is 17.7 Å². The fourth-order valence-electron chi connectivity index (χ4n) is 2.65. The Labute approximate surface area is 129 Å². The Morgan fingerprint density at radius 2 is 2.00 bits per heavy atom. The zero-order chi connectivity index (χ0) is 15.4. The van der Waals surface area contributed by atoms with Crippen molar-refractivity contribution in [2.75, 3.05) is 31.1 Å². The first-order valence-corrected chi connectivity index (χ1v) is 7.28. The van der Waals surface area contributed by atoms with E-state index in [0.717, 1.165) is 44.1 Å². The van der Waals surface area contributed by atoms with Crippen LogP contribution in [0, 0.1) is 0 Å². The molecule has 3 rings (SSSR count). The van der Waals surface area contributed by atoms with Gasteiger partial charge in [0.15, 0.2) is 0 Å². The number of aromatic carboxylic acids is 1. The molecule has 0 unspecified atom stereocenters. The molecule has 0 bridgehead atoms. The molecule has 0 radical (unpaired) electrons. The van der Waals surface area contributed by atoms with Gasteiger partial charge in [-0.25, -0.2) is 9.78 Å². The lowest BCUT2D eigenvalue weighted by atomic mass is 10.1. The number of hydrogen-bond donors (Lipinski definition) is 1. The van der Waals surface area contributed by atoms with Crippen molar-refractivity contribution < 1.29 is 9.90 Å². The molecule has 0 atom stereocenters. The maximum atomic E-state index is 11.0. The van der Waals surface area contributed by atoms with E-state index in [0.29, 0.717) is 5.56 Å². The average Bonchev–Trinajstić information content (AvgIpc) is 2.56. The predicted molar refractivity (Wildman–Crippen MR) is 82.9 cm³/mol. The number of hydrogen-bond acceptors (Lipinski definition) is 5. The number of piperazine rings is 1. The minimum Gasteiger partial charge on any atom is -0.478 e. The highest BCUT2D eigenvalue weighted by Crippen LogP contribution is 2.14. The van der Waals surface area contributed by atoms with E-state index in [2.05, 4.69) is 19.8 Å². The highest BCUT2D eigenvalue weighted by Gasteiger charge is 2.18. The Kier molecular flexibility index (Phi) is 4.29. The molecular weight excluding hydrogens is 280 g/mol. The largest absolute Gasteiger partial charge is 0.478 e. The van der Waals surface area contributed by atoms with Crippen LogP contribution >= 0.6 is 0 Å². The van der Waals surface area contributed by atoms with Crippen molar-refractivity contribution in [3.05, 3.63) is 54.0 Å². The third kappa shape index (κ3) is 3.40. The molecule has 22 heavy (non-hydrogen) atoms. The van der Waals surface area contributed by atoms with E-state index >= 15 is 0 Å².